The van der Waals surface area contributed by atoms with Crippen molar-refractivity contribution >= 4 is 28.8 Å². The average Bonchev–Trinajstić information content (AvgIpc) is 3.51. The van der Waals surface area contributed by atoms with Gasteiger partial charge in [0, 0.05) is 22.7 Å². The average molecular weight is 429 g/mol. The van der Waals surface area contributed by atoms with Gasteiger partial charge in [-0.25, -0.2) is 0 Å². The number of thiophene rings is 1. The Morgan fingerprint density at radius 2 is 1.77 bits per heavy atom. The third kappa shape index (κ3) is 3.78. The summed E-state index contributed by atoms with van der Waals surface area (Å²) in [5.74, 6) is -0.102. The summed E-state index contributed by atoms with van der Waals surface area (Å²) in [6.07, 6.45) is 2.32. The van der Waals surface area contributed by atoms with Crippen LogP contribution in [0.4, 0.5) is 5.69 Å². The highest BCUT2D eigenvalue weighted by Crippen LogP contribution is 2.38. The van der Waals surface area contributed by atoms with Crippen molar-refractivity contribution in [2.75, 3.05) is 11.9 Å². The number of fused-ring (bicyclic) bond motifs is 1. The maximum atomic E-state index is 13.5. The van der Waals surface area contributed by atoms with E-state index in [9.17, 15) is 9.59 Å². The zero-order valence-corrected chi connectivity index (χ0v) is 17.5. The molecule has 31 heavy (non-hydrogen) atoms. The summed E-state index contributed by atoms with van der Waals surface area (Å²) < 4.78 is 5.11. The number of furan rings is 1. The van der Waals surface area contributed by atoms with Gasteiger partial charge >= 0.3 is 0 Å². The van der Waals surface area contributed by atoms with Crippen LogP contribution < -0.4 is 5.32 Å². The van der Waals surface area contributed by atoms with Crippen molar-refractivity contribution in [2.24, 2.45) is 0 Å². The van der Waals surface area contributed by atoms with Crippen LogP contribution in [0.25, 0.3) is 0 Å². The van der Waals surface area contributed by atoms with Gasteiger partial charge in [0.25, 0.3) is 11.8 Å². The highest BCUT2D eigenvalue weighted by atomic mass is 32.1. The van der Waals surface area contributed by atoms with Gasteiger partial charge in [-0.1, -0.05) is 30.3 Å². The van der Waals surface area contributed by atoms with E-state index in [2.05, 4.69) is 28.9 Å². The molecule has 1 aliphatic rings. The number of carbonyl (C=O) groups is 2. The first-order valence-corrected chi connectivity index (χ1v) is 11.0. The lowest BCUT2D eigenvalue weighted by Crippen LogP contribution is -2.40. The number of carbonyl (C=O) groups excluding carboxylic acids is 2. The van der Waals surface area contributed by atoms with Crippen LogP contribution in [0.3, 0.4) is 0 Å². The molecular weight excluding hydrogens is 408 g/mol. The number of anilines is 1. The Balaban J connectivity index is 1.39. The molecule has 6 heteroatoms. The Morgan fingerprint density at radius 3 is 2.52 bits per heavy atom. The van der Waals surface area contributed by atoms with Crippen molar-refractivity contribution in [3.8, 4) is 0 Å². The number of rotatable bonds is 4. The maximum Gasteiger partial charge on any atom is 0.291 e. The van der Waals surface area contributed by atoms with Crippen LogP contribution in [-0.2, 0) is 6.42 Å². The van der Waals surface area contributed by atoms with E-state index in [-0.39, 0.29) is 23.6 Å². The number of nitrogens with one attached hydrogen (secondary N) is 1. The van der Waals surface area contributed by atoms with Crippen LogP contribution in [0.5, 0.6) is 0 Å². The molecule has 2 aromatic carbocycles. The predicted octanol–water partition coefficient (Wildman–Crippen LogP) is 5.38. The monoisotopic (exact) mass is 428 g/mol. The van der Waals surface area contributed by atoms with Crippen molar-refractivity contribution in [3.63, 3.8) is 0 Å². The molecule has 0 radical (unpaired) electrons. The molecule has 1 N–H and O–H groups in total. The molecule has 3 heterocycles. The molecule has 4 aromatic rings. The minimum atomic E-state index is -0.325. The fraction of sp³-hybridized carbons (Fsp3) is 0.120. The van der Waals surface area contributed by atoms with Gasteiger partial charge in [0.15, 0.2) is 5.76 Å². The summed E-state index contributed by atoms with van der Waals surface area (Å²) in [6, 6.07) is 22.5. The molecule has 1 aliphatic heterocycles. The Morgan fingerprint density at radius 1 is 0.968 bits per heavy atom. The Hall–Kier alpha value is -3.64. The second-order valence-electron chi connectivity index (χ2n) is 7.37. The Bertz CT molecular complexity index is 1200. The summed E-state index contributed by atoms with van der Waals surface area (Å²) in [6.45, 7) is 0.670. The van der Waals surface area contributed by atoms with Gasteiger partial charge in [0.05, 0.1) is 12.3 Å². The minimum absolute atomic E-state index is 0.0189. The maximum absolute atomic E-state index is 13.5. The number of nitrogens with zero attached hydrogens (tertiary/aromatic N) is 1. The molecule has 2 amide bonds. The molecule has 0 bridgehead atoms. The van der Waals surface area contributed by atoms with Crippen LogP contribution in [0.15, 0.2) is 88.9 Å². The summed E-state index contributed by atoms with van der Waals surface area (Å²) in [4.78, 5) is 28.9. The highest BCUT2D eigenvalue weighted by Gasteiger charge is 2.33. The van der Waals surface area contributed by atoms with Crippen molar-refractivity contribution in [3.05, 3.63) is 112 Å². The summed E-state index contributed by atoms with van der Waals surface area (Å²) in [5, 5.41) is 4.88. The molecule has 1 atom stereocenters. The molecule has 1 unspecified atom stereocenters. The summed E-state index contributed by atoms with van der Waals surface area (Å²) in [7, 11) is 0. The number of benzene rings is 2. The van der Waals surface area contributed by atoms with E-state index in [1.54, 1.807) is 47.7 Å². The first kappa shape index (κ1) is 19.3. The third-order valence-corrected chi connectivity index (χ3v) is 6.47. The molecule has 5 nitrogen and oxygen atoms in total. The fourth-order valence-electron chi connectivity index (χ4n) is 3.99. The molecule has 0 saturated heterocycles. The summed E-state index contributed by atoms with van der Waals surface area (Å²) in [5.41, 5.74) is 3.52. The third-order valence-electron chi connectivity index (χ3n) is 5.48. The van der Waals surface area contributed by atoms with Crippen LogP contribution in [0, 0.1) is 0 Å². The standard InChI is InChI=1S/C25H20N2O3S/c28-24(21-7-4-15-30-21)26-19-10-8-18(9-11-19)25(29)27-14-12-22-20(13-16-31-22)23(27)17-5-2-1-3-6-17/h1-11,13,15-16,23H,12,14H2,(H,26,28). The van der Waals surface area contributed by atoms with Crippen molar-refractivity contribution < 1.29 is 14.0 Å². The smallest absolute Gasteiger partial charge is 0.291 e. The summed E-state index contributed by atoms with van der Waals surface area (Å²) >= 11 is 1.75. The lowest BCUT2D eigenvalue weighted by molar-refractivity contribution is 0.0696. The number of amides is 2. The van der Waals surface area contributed by atoms with Gasteiger partial charge in [0.1, 0.15) is 0 Å². The van der Waals surface area contributed by atoms with Gasteiger partial charge in [-0.15, -0.1) is 11.3 Å². The second-order valence-corrected chi connectivity index (χ2v) is 8.37. The predicted molar refractivity (Wildman–Crippen MR) is 120 cm³/mol. The van der Waals surface area contributed by atoms with E-state index in [4.69, 9.17) is 4.42 Å². The lowest BCUT2D eigenvalue weighted by atomic mass is 9.92. The van der Waals surface area contributed by atoms with E-state index in [1.165, 1.54) is 16.7 Å². The van der Waals surface area contributed by atoms with Gasteiger partial charge in [0.2, 0.25) is 0 Å². The van der Waals surface area contributed by atoms with Gasteiger partial charge in [-0.3, -0.25) is 9.59 Å². The Labute approximate surface area is 183 Å². The quantitative estimate of drug-likeness (QED) is 0.475. The van der Waals surface area contributed by atoms with Crippen LogP contribution in [-0.4, -0.2) is 23.3 Å². The van der Waals surface area contributed by atoms with Crippen LogP contribution in [0.1, 0.15) is 43.0 Å². The van der Waals surface area contributed by atoms with Gasteiger partial charge < -0.3 is 14.6 Å². The zero-order chi connectivity index (χ0) is 21.2. The molecule has 2 aromatic heterocycles. The number of hydrogen-bond donors (Lipinski definition) is 1. The largest absolute Gasteiger partial charge is 0.459 e. The molecular formula is C25H20N2O3S. The van der Waals surface area contributed by atoms with Crippen molar-refractivity contribution in [1.29, 1.82) is 0 Å². The van der Waals surface area contributed by atoms with E-state index in [0.29, 0.717) is 17.8 Å². The van der Waals surface area contributed by atoms with E-state index >= 15 is 0 Å². The molecule has 0 spiro atoms. The van der Waals surface area contributed by atoms with Gasteiger partial charge in [-0.05, 0) is 65.4 Å². The topological polar surface area (TPSA) is 62.6 Å². The van der Waals surface area contributed by atoms with Crippen molar-refractivity contribution in [2.45, 2.75) is 12.5 Å². The lowest BCUT2D eigenvalue weighted by Gasteiger charge is -2.36. The SMILES string of the molecule is O=C(Nc1ccc(C(=O)N2CCc3sccc3C2c2ccccc2)cc1)c1ccco1. The number of hydrogen-bond acceptors (Lipinski definition) is 4. The van der Waals surface area contributed by atoms with E-state index in [0.717, 1.165) is 12.0 Å². The van der Waals surface area contributed by atoms with Gasteiger partial charge in [-0.2, -0.15) is 0 Å². The normalized spacial score (nSPS) is 15.4. The molecule has 154 valence electrons. The molecule has 5 rings (SSSR count). The highest BCUT2D eigenvalue weighted by molar-refractivity contribution is 7.10. The van der Waals surface area contributed by atoms with E-state index in [1.807, 2.05) is 23.1 Å². The van der Waals surface area contributed by atoms with Crippen LogP contribution >= 0.6 is 11.3 Å². The van der Waals surface area contributed by atoms with Crippen molar-refractivity contribution in [1.82, 2.24) is 4.90 Å². The first-order valence-electron chi connectivity index (χ1n) is 10.1. The van der Waals surface area contributed by atoms with Crippen LogP contribution in [0.2, 0.25) is 0 Å². The minimum Gasteiger partial charge on any atom is -0.459 e. The molecule has 0 saturated carbocycles. The van der Waals surface area contributed by atoms with E-state index < -0.39 is 0 Å². The molecule has 0 aliphatic carbocycles. The Kier molecular flexibility index (Phi) is 5.14. The zero-order valence-electron chi connectivity index (χ0n) is 16.7. The fourth-order valence-corrected chi connectivity index (χ4v) is 4.90. The molecule has 0 fully saturated rings. The first-order chi connectivity index (χ1) is 15.2. The second kappa shape index (κ2) is 8.24.